The van der Waals surface area contributed by atoms with Crippen LogP contribution >= 0.6 is 11.8 Å². The first-order chi connectivity index (χ1) is 6.54. The summed E-state index contributed by atoms with van der Waals surface area (Å²) in [6, 6.07) is 0.626. The predicted molar refractivity (Wildman–Crippen MR) is 58.8 cm³/mol. The standard InChI is InChI=1S/C10H17N3S/c1-10(2,3)8-9(14-4)13(12-11-8)7-5-6-7/h7H,5-6H2,1-4H3. The van der Waals surface area contributed by atoms with Crippen LogP contribution in [0.5, 0.6) is 0 Å². The lowest BCUT2D eigenvalue weighted by atomic mass is 9.93. The van der Waals surface area contributed by atoms with Gasteiger partial charge in [0.05, 0.1) is 6.04 Å². The van der Waals surface area contributed by atoms with E-state index >= 15 is 0 Å². The van der Waals surface area contributed by atoms with Gasteiger partial charge in [0.1, 0.15) is 10.7 Å². The molecule has 14 heavy (non-hydrogen) atoms. The summed E-state index contributed by atoms with van der Waals surface area (Å²) >= 11 is 1.76. The van der Waals surface area contributed by atoms with Crippen molar-refractivity contribution in [2.45, 2.75) is 50.1 Å². The maximum absolute atomic E-state index is 4.31. The Labute approximate surface area is 89.3 Å². The molecular weight excluding hydrogens is 194 g/mol. The summed E-state index contributed by atoms with van der Waals surface area (Å²) in [7, 11) is 0. The first kappa shape index (κ1) is 10.0. The lowest BCUT2D eigenvalue weighted by Crippen LogP contribution is -2.13. The van der Waals surface area contributed by atoms with E-state index in [1.54, 1.807) is 11.8 Å². The molecule has 1 aromatic rings. The third kappa shape index (κ3) is 1.67. The number of hydrogen-bond donors (Lipinski definition) is 0. The summed E-state index contributed by atoms with van der Waals surface area (Å²) in [5.41, 5.74) is 1.24. The van der Waals surface area contributed by atoms with Crippen molar-refractivity contribution in [3.8, 4) is 0 Å². The molecule has 3 nitrogen and oxygen atoms in total. The molecule has 1 aliphatic rings. The normalized spacial score (nSPS) is 17.4. The van der Waals surface area contributed by atoms with Gasteiger partial charge in [0.2, 0.25) is 0 Å². The zero-order valence-electron chi connectivity index (χ0n) is 9.24. The smallest absolute Gasteiger partial charge is 0.118 e. The van der Waals surface area contributed by atoms with Gasteiger partial charge >= 0.3 is 0 Å². The third-order valence-corrected chi connectivity index (χ3v) is 3.22. The number of nitrogens with zero attached hydrogens (tertiary/aromatic N) is 3. The fraction of sp³-hybridized carbons (Fsp3) is 0.800. The second kappa shape index (κ2) is 3.26. The van der Waals surface area contributed by atoms with Gasteiger partial charge in [-0.2, -0.15) is 0 Å². The van der Waals surface area contributed by atoms with Crippen LogP contribution in [0.4, 0.5) is 0 Å². The number of rotatable bonds is 2. The van der Waals surface area contributed by atoms with E-state index in [9.17, 15) is 0 Å². The zero-order chi connectivity index (χ0) is 10.3. The second-order valence-electron chi connectivity index (χ2n) is 4.87. The topological polar surface area (TPSA) is 30.7 Å². The molecule has 0 unspecified atom stereocenters. The van der Waals surface area contributed by atoms with Crippen molar-refractivity contribution >= 4 is 11.8 Å². The monoisotopic (exact) mass is 211 g/mol. The van der Waals surface area contributed by atoms with Gasteiger partial charge in [-0.15, -0.1) is 16.9 Å². The molecule has 1 aromatic heterocycles. The molecule has 0 bridgehead atoms. The highest BCUT2D eigenvalue weighted by atomic mass is 32.2. The quantitative estimate of drug-likeness (QED) is 0.705. The molecule has 0 aromatic carbocycles. The van der Waals surface area contributed by atoms with E-state index < -0.39 is 0 Å². The van der Waals surface area contributed by atoms with Crippen LogP contribution in [0, 0.1) is 0 Å². The van der Waals surface area contributed by atoms with Gasteiger partial charge in [-0.3, -0.25) is 0 Å². The highest BCUT2D eigenvalue weighted by Gasteiger charge is 2.31. The summed E-state index contributed by atoms with van der Waals surface area (Å²) in [4.78, 5) is 0. The molecule has 0 radical (unpaired) electrons. The Morgan fingerprint density at radius 1 is 1.36 bits per heavy atom. The van der Waals surface area contributed by atoms with Crippen molar-refractivity contribution in [1.82, 2.24) is 15.0 Å². The van der Waals surface area contributed by atoms with E-state index in [-0.39, 0.29) is 5.41 Å². The fourth-order valence-electron chi connectivity index (χ4n) is 1.50. The van der Waals surface area contributed by atoms with E-state index in [1.165, 1.54) is 17.9 Å². The van der Waals surface area contributed by atoms with Crippen LogP contribution in [0.15, 0.2) is 5.03 Å². The lowest BCUT2D eigenvalue weighted by Gasteiger charge is -2.16. The molecule has 4 heteroatoms. The van der Waals surface area contributed by atoms with E-state index in [0.717, 1.165) is 5.69 Å². The van der Waals surface area contributed by atoms with E-state index in [0.29, 0.717) is 6.04 Å². The van der Waals surface area contributed by atoms with Crippen LogP contribution in [0.2, 0.25) is 0 Å². The fourth-order valence-corrected chi connectivity index (χ4v) is 2.42. The second-order valence-corrected chi connectivity index (χ2v) is 5.67. The van der Waals surface area contributed by atoms with E-state index in [4.69, 9.17) is 0 Å². The van der Waals surface area contributed by atoms with Crippen LogP contribution in [-0.4, -0.2) is 21.2 Å². The Hall–Kier alpha value is -0.510. The van der Waals surface area contributed by atoms with E-state index in [2.05, 4.69) is 42.0 Å². The van der Waals surface area contributed by atoms with Crippen molar-refractivity contribution < 1.29 is 0 Å². The van der Waals surface area contributed by atoms with Gasteiger partial charge in [-0.25, -0.2) is 4.68 Å². The minimum atomic E-state index is 0.103. The summed E-state index contributed by atoms with van der Waals surface area (Å²) in [6.45, 7) is 6.57. The van der Waals surface area contributed by atoms with Crippen molar-refractivity contribution in [1.29, 1.82) is 0 Å². The van der Waals surface area contributed by atoms with Gasteiger partial charge in [0.25, 0.3) is 0 Å². The van der Waals surface area contributed by atoms with Crippen molar-refractivity contribution in [2.24, 2.45) is 0 Å². The zero-order valence-corrected chi connectivity index (χ0v) is 10.1. The third-order valence-electron chi connectivity index (χ3n) is 2.45. The van der Waals surface area contributed by atoms with Gasteiger partial charge in [0, 0.05) is 5.41 Å². The summed E-state index contributed by atoms with van der Waals surface area (Å²) in [5, 5.41) is 9.82. The highest BCUT2D eigenvalue weighted by molar-refractivity contribution is 7.98. The van der Waals surface area contributed by atoms with Crippen LogP contribution in [-0.2, 0) is 5.41 Å². The molecule has 1 heterocycles. The minimum absolute atomic E-state index is 0.103. The molecular formula is C10H17N3S. The minimum Gasteiger partial charge on any atom is -0.235 e. The summed E-state index contributed by atoms with van der Waals surface area (Å²) in [6.07, 6.45) is 4.63. The Bertz CT molecular complexity index is 334. The lowest BCUT2D eigenvalue weighted by molar-refractivity contribution is 0.545. The van der Waals surface area contributed by atoms with Gasteiger partial charge in [-0.05, 0) is 19.1 Å². The average Bonchev–Trinajstić information content (AvgIpc) is 2.82. The van der Waals surface area contributed by atoms with Crippen molar-refractivity contribution in [3.05, 3.63) is 5.69 Å². The molecule has 2 rings (SSSR count). The molecule has 1 fully saturated rings. The first-order valence-corrected chi connectivity index (χ1v) is 6.26. The van der Waals surface area contributed by atoms with Crippen LogP contribution in [0.3, 0.4) is 0 Å². The van der Waals surface area contributed by atoms with Crippen molar-refractivity contribution in [3.63, 3.8) is 0 Å². The molecule has 0 spiro atoms. The van der Waals surface area contributed by atoms with Crippen LogP contribution in [0.1, 0.15) is 45.3 Å². The molecule has 1 saturated carbocycles. The maximum Gasteiger partial charge on any atom is 0.118 e. The number of aromatic nitrogens is 3. The van der Waals surface area contributed by atoms with Gasteiger partial charge in [0.15, 0.2) is 0 Å². The molecule has 78 valence electrons. The predicted octanol–water partition coefficient (Wildman–Crippen LogP) is 2.63. The van der Waals surface area contributed by atoms with Crippen molar-refractivity contribution in [2.75, 3.05) is 6.26 Å². The molecule has 1 aliphatic carbocycles. The van der Waals surface area contributed by atoms with E-state index in [1.807, 2.05) is 0 Å². The molecule has 0 saturated heterocycles. The average molecular weight is 211 g/mol. The molecule has 0 atom stereocenters. The van der Waals surface area contributed by atoms with Gasteiger partial charge < -0.3 is 0 Å². The largest absolute Gasteiger partial charge is 0.235 e. The number of hydrogen-bond acceptors (Lipinski definition) is 3. The maximum atomic E-state index is 4.31. The van der Waals surface area contributed by atoms with Gasteiger partial charge in [-0.1, -0.05) is 26.0 Å². The molecule has 0 N–H and O–H groups in total. The summed E-state index contributed by atoms with van der Waals surface area (Å²) < 4.78 is 2.10. The Balaban J connectivity index is 2.41. The Morgan fingerprint density at radius 2 is 2.00 bits per heavy atom. The molecule has 0 amide bonds. The molecule has 0 aliphatic heterocycles. The van der Waals surface area contributed by atoms with Crippen LogP contribution < -0.4 is 0 Å². The number of thioether (sulfide) groups is 1. The Kier molecular flexibility index (Phi) is 2.33. The first-order valence-electron chi connectivity index (χ1n) is 5.03. The SMILES string of the molecule is CSc1c(C(C)(C)C)nnn1C1CC1. The summed E-state index contributed by atoms with van der Waals surface area (Å²) in [5.74, 6) is 0. The highest BCUT2D eigenvalue weighted by Crippen LogP contribution is 2.39. The van der Waals surface area contributed by atoms with Crippen LogP contribution in [0.25, 0.3) is 0 Å². The Morgan fingerprint density at radius 3 is 2.43 bits per heavy atom.